The van der Waals surface area contributed by atoms with Crippen molar-refractivity contribution < 1.29 is 24.0 Å². The number of nitrogens with zero attached hydrogens (tertiary/aromatic N) is 3. The van der Waals surface area contributed by atoms with Gasteiger partial charge >= 0.3 is 6.03 Å². The first-order valence-electron chi connectivity index (χ1n) is 19.2. The fourth-order valence-electron chi connectivity index (χ4n) is 10.2. The van der Waals surface area contributed by atoms with Crippen molar-refractivity contribution in [1.82, 2.24) is 30.7 Å². The molecule has 0 bridgehead atoms. The van der Waals surface area contributed by atoms with Gasteiger partial charge in [-0.15, -0.1) is 0 Å². The van der Waals surface area contributed by atoms with Crippen molar-refractivity contribution in [3.05, 3.63) is 0 Å². The topological polar surface area (TPSA) is 157 Å². The van der Waals surface area contributed by atoms with Gasteiger partial charge in [0.1, 0.15) is 12.1 Å². The summed E-state index contributed by atoms with van der Waals surface area (Å²) in [7, 11) is 2.15. The number of likely N-dealkylation sites (tertiary alicyclic amines) is 1. The number of rotatable bonds is 12. The third-order valence-electron chi connectivity index (χ3n) is 14.2. The number of ketones is 1. The standard InChI is InChI=1S/C38H65N7O5/c1-10-26(21-44-19-23(2)43(9)24(3)20-44)40-34(50)42-30(35(4,5)6)33(49)45-22-38(36(7,8)37(38)15-12-16-37)18-28(45)32(48)41-27(29(46)31(39)47)17-25-13-11-14-25/h23-28,30H,10-22H2,1-9H3,(H2,39,47)(H,41,48)(H2,40,42,50)/t23-,24+,26?,27?,28-,30-,38+/m0/s1. The lowest BCUT2D eigenvalue weighted by Crippen LogP contribution is -2.61. The Kier molecular flexibility index (Phi) is 10.8. The molecular formula is C38H65N7O5. The lowest BCUT2D eigenvalue weighted by molar-refractivity contribution is -0.143. The molecule has 2 aliphatic heterocycles. The second-order valence-electron chi connectivity index (χ2n) is 18.3. The zero-order valence-corrected chi connectivity index (χ0v) is 32.2. The van der Waals surface area contributed by atoms with Crippen LogP contribution in [0.2, 0.25) is 0 Å². The lowest BCUT2D eigenvalue weighted by Gasteiger charge is -2.43. The molecule has 2 saturated heterocycles. The van der Waals surface area contributed by atoms with E-state index in [2.05, 4.69) is 67.4 Å². The van der Waals surface area contributed by atoms with Gasteiger partial charge in [-0.25, -0.2) is 4.79 Å². The second kappa shape index (κ2) is 14.0. The molecule has 12 nitrogen and oxygen atoms in total. The van der Waals surface area contributed by atoms with Crippen molar-refractivity contribution >= 4 is 29.5 Å². The molecule has 0 radical (unpaired) electrons. The third-order valence-corrected chi connectivity index (χ3v) is 14.2. The Morgan fingerprint density at radius 3 is 2.00 bits per heavy atom. The number of primary amides is 1. The molecule has 3 saturated carbocycles. The van der Waals surface area contributed by atoms with Gasteiger partial charge in [0.15, 0.2) is 0 Å². The number of hydrogen-bond acceptors (Lipinski definition) is 7. The highest BCUT2D eigenvalue weighted by Crippen LogP contribution is 2.88. The van der Waals surface area contributed by atoms with E-state index in [0.29, 0.717) is 31.5 Å². The van der Waals surface area contributed by atoms with E-state index in [0.717, 1.165) is 64.6 Å². The van der Waals surface area contributed by atoms with Gasteiger partial charge in [-0.2, -0.15) is 0 Å². The van der Waals surface area contributed by atoms with E-state index in [4.69, 9.17) is 5.73 Å². The monoisotopic (exact) mass is 700 g/mol. The number of likely N-dealkylation sites (N-methyl/N-ethyl adjacent to an activating group) is 1. The predicted octanol–water partition coefficient (Wildman–Crippen LogP) is 3.03. The van der Waals surface area contributed by atoms with Crippen molar-refractivity contribution in [3.63, 3.8) is 0 Å². The number of nitrogens with two attached hydrogens (primary N) is 1. The first-order chi connectivity index (χ1) is 23.3. The van der Waals surface area contributed by atoms with Crippen molar-refractivity contribution in [2.24, 2.45) is 33.3 Å². The highest BCUT2D eigenvalue weighted by molar-refractivity contribution is 6.37. The van der Waals surface area contributed by atoms with Gasteiger partial charge in [0.2, 0.25) is 17.6 Å². The fraction of sp³-hybridized carbons (Fsp3) is 0.868. The van der Waals surface area contributed by atoms with Crippen LogP contribution in [0.1, 0.15) is 113 Å². The Hall–Kier alpha value is -2.73. The van der Waals surface area contributed by atoms with Crippen LogP contribution in [0.5, 0.6) is 0 Å². The van der Waals surface area contributed by atoms with Crippen molar-refractivity contribution in [3.8, 4) is 0 Å². The van der Waals surface area contributed by atoms with E-state index in [-0.39, 0.29) is 34.1 Å². The van der Waals surface area contributed by atoms with E-state index in [9.17, 15) is 24.0 Å². The molecular weight excluding hydrogens is 634 g/mol. The van der Waals surface area contributed by atoms with Gasteiger partial charge in [0.05, 0.1) is 6.04 Å². The van der Waals surface area contributed by atoms with Gasteiger partial charge in [0, 0.05) is 49.7 Å². The van der Waals surface area contributed by atoms with Crippen LogP contribution in [0.4, 0.5) is 4.79 Å². The fourth-order valence-corrected chi connectivity index (χ4v) is 10.2. The molecule has 3 aliphatic carbocycles. The van der Waals surface area contributed by atoms with Crippen LogP contribution in [-0.2, 0) is 19.2 Å². The number of urea groups is 1. The largest absolute Gasteiger partial charge is 0.363 e. The minimum Gasteiger partial charge on any atom is -0.363 e. The number of nitrogens with one attached hydrogen (secondary N) is 3. The molecule has 2 unspecified atom stereocenters. The molecule has 5 fully saturated rings. The maximum absolute atomic E-state index is 14.8. The van der Waals surface area contributed by atoms with E-state index in [1.54, 1.807) is 4.90 Å². The van der Waals surface area contributed by atoms with E-state index >= 15 is 0 Å². The molecule has 0 aromatic heterocycles. The average Bonchev–Trinajstić information content (AvgIpc) is 3.21. The first-order valence-corrected chi connectivity index (χ1v) is 19.2. The van der Waals surface area contributed by atoms with Gasteiger partial charge in [-0.05, 0) is 75.2 Å². The summed E-state index contributed by atoms with van der Waals surface area (Å²) in [6, 6.07) is -2.40. The molecule has 12 heteroatoms. The van der Waals surface area contributed by atoms with Gasteiger partial charge in [0.25, 0.3) is 5.91 Å². The van der Waals surface area contributed by atoms with Crippen molar-refractivity contribution in [2.45, 2.75) is 149 Å². The number of carbonyl (C=O) groups excluding carboxylic acids is 5. The molecule has 50 heavy (non-hydrogen) atoms. The molecule has 0 aromatic carbocycles. The van der Waals surface area contributed by atoms with Crippen LogP contribution in [-0.4, -0.2) is 114 Å². The van der Waals surface area contributed by atoms with Crippen molar-refractivity contribution in [1.29, 1.82) is 0 Å². The Bertz CT molecular complexity index is 1320. The molecule has 5 aliphatic rings. The van der Waals surface area contributed by atoms with E-state index in [1.165, 1.54) is 0 Å². The average molecular weight is 700 g/mol. The summed E-state index contributed by atoms with van der Waals surface area (Å²) in [5.41, 5.74) is 4.54. The molecule has 2 spiro atoms. The van der Waals surface area contributed by atoms with Crippen LogP contribution in [0.15, 0.2) is 0 Å². The Morgan fingerprint density at radius 2 is 1.54 bits per heavy atom. The molecule has 282 valence electrons. The van der Waals surface area contributed by atoms with Gasteiger partial charge in [-0.1, -0.05) is 67.2 Å². The highest BCUT2D eigenvalue weighted by Gasteiger charge is 2.85. The Labute approximate surface area is 299 Å². The summed E-state index contributed by atoms with van der Waals surface area (Å²) in [6.07, 6.45) is 7.80. The molecule has 5 amide bonds. The van der Waals surface area contributed by atoms with Crippen LogP contribution < -0.4 is 21.7 Å². The predicted molar refractivity (Wildman–Crippen MR) is 193 cm³/mol. The zero-order chi connectivity index (χ0) is 37.0. The molecule has 7 atom stereocenters. The number of carbonyl (C=O) groups is 5. The quantitative estimate of drug-likeness (QED) is 0.228. The molecule has 5 N–H and O–H groups in total. The first kappa shape index (κ1) is 38.5. The smallest absolute Gasteiger partial charge is 0.315 e. The van der Waals surface area contributed by atoms with Crippen LogP contribution in [0, 0.1) is 27.6 Å². The van der Waals surface area contributed by atoms with E-state index in [1.807, 2.05) is 20.8 Å². The van der Waals surface area contributed by atoms with Crippen molar-refractivity contribution in [2.75, 3.05) is 33.2 Å². The maximum Gasteiger partial charge on any atom is 0.315 e. The SMILES string of the molecule is CCC(CN1C[C@@H](C)N(C)[C@@H](C)C1)NC(=O)N[C@@H](C(=O)N1C[C@]2(C[C@H]1C(=O)NC(CC1CCC1)C(=O)C(N)=O)C(C)(C)C21CCC1)C(C)(C)C. The third kappa shape index (κ3) is 6.79. The Balaban J connectivity index is 1.34. The number of hydrogen-bond donors (Lipinski definition) is 4. The molecule has 0 aromatic rings. The number of fused-ring (bicyclic) bond motifs is 1. The second-order valence-corrected chi connectivity index (χ2v) is 18.3. The van der Waals surface area contributed by atoms with Gasteiger partial charge in [-0.3, -0.25) is 29.0 Å². The Morgan fingerprint density at radius 1 is 0.920 bits per heavy atom. The van der Waals surface area contributed by atoms with Crippen LogP contribution >= 0.6 is 0 Å². The van der Waals surface area contributed by atoms with E-state index < -0.39 is 47.2 Å². The number of Topliss-reactive ketones (excluding diaryl/α,β-unsaturated/α-hetero) is 1. The lowest BCUT2D eigenvalue weighted by atomic mass is 9.73. The number of amides is 5. The minimum atomic E-state index is -1.06. The summed E-state index contributed by atoms with van der Waals surface area (Å²) >= 11 is 0. The molecule has 2 heterocycles. The van der Waals surface area contributed by atoms with Gasteiger partial charge < -0.3 is 26.6 Å². The summed E-state index contributed by atoms with van der Waals surface area (Å²) < 4.78 is 0. The number of piperazine rings is 1. The minimum absolute atomic E-state index is 0.0607. The maximum atomic E-state index is 14.8. The zero-order valence-electron chi connectivity index (χ0n) is 32.2. The summed E-state index contributed by atoms with van der Waals surface area (Å²) in [4.78, 5) is 74.0. The molecule has 5 rings (SSSR count). The normalized spacial score (nSPS) is 30.9. The van der Waals surface area contributed by atoms with Crippen LogP contribution in [0.25, 0.3) is 0 Å². The summed E-state index contributed by atoms with van der Waals surface area (Å²) in [6.45, 7) is 19.8. The highest BCUT2D eigenvalue weighted by atomic mass is 16.2. The summed E-state index contributed by atoms with van der Waals surface area (Å²) in [5, 5.41) is 9.08. The summed E-state index contributed by atoms with van der Waals surface area (Å²) in [5.74, 6) is -2.33. The van der Waals surface area contributed by atoms with Crippen LogP contribution in [0.3, 0.4) is 0 Å².